The Morgan fingerprint density at radius 2 is 2.24 bits per heavy atom. The molecule has 4 nitrogen and oxygen atoms in total. The van der Waals surface area contributed by atoms with E-state index in [-0.39, 0.29) is 5.56 Å². The molecule has 112 valence electrons. The van der Waals surface area contributed by atoms with Crippen LogP contribution in [0.1, 0.15) is 31.9 Å². The van der Waals surface area contributed by atoms with E-state index < -0.39 is 0 Å². The smallest absolute Gasteiger partial charge is 0.261 e. The van der Waals surface area contributed by atoms with E-state index in [1.54, 1.807) is 23.9 Å². The minimum absolute atomic E-state index is 0.0216. The van der Waals surface area contributed by atoms with E-state index in [1.165, 1.54) is 12.8 Å². The van der Waals surface area contributed by atoms with Crippen LogP contribution < -0.4 is 10.9 Å². The van der Waals surface area contributed by atoms with Gasteiger partial charge in [-0.15, -0.1) is 6.58 Å². The third-order valence-corrected chi connectivity index (χ3v) is 3.57. The summed E-state index contributed by atoms with van der Waals surface area (Å²) in [5, 5.41) is 4.80. The van der Waals surface area contributed by atoms with Gasteiger partial charge in [-0.25, -0.2) is 4.98 Å². The minimum Gasteiger partial charge on any atom is -0.366 e. The predicted octanol–water partition coefficient (Wildman–Crippen LogP) is 3.26. The molecule has 0 amide bonds. The molecule has 2 aromatic rings. The third-order valence-electron chi connectivity index (χ3n) is 3.57. The van der Waals surface area contributed by atoms with Gasteiger partial charge >= 0.3 is 0 Å². The lowest BCUT2D eigenvalue weighted by molar-refractivity contribution is 0.708. The Bertz CT molecular complexity index is 688. The number of unbranched alkanes of at least 4 members (excludes halogenated alkanes) is 2. The molecule has 2 heterocycles. The molecule has 0 aliphatic heterocycles. The number of rotatable bonds is 7. The molecule has 0 unspecified atom stereocenters. The second-order valence-electron chi connectivity index (χ2n) is 5.28. The summed E-state index contributed by atoms with van der Waals surface area (Å²) in [6.07, 6.45) is 8.03. The average Bonchev–Trinajstić information content (AvgIpc) is 2.49. The number of aryl methyl sites for hydroxylation is 2. The zero-order valence-electron chi connectivity index (χ0n) is 12.9. The maximum absolute atomic E-state index is 12.3. The molecule has 0 fully saturated rings. The molecule has 0 radical (unpaired) electrons. The molecule has 0 bridgehead atoms. The van der Waals surface area contributed by atoms with Crippen LogP contribution >= 0.6 is 0 Å². The van der Waals surface area contributed by atoms with Gasteiger partial charge in [0.25, 0.3) is 5.56 Å². The molecule has 0 spiro atoms. The predicted molar refractivity (Wildman–Crippen MR) is 88.9 cm³/mol. The Kier molecular flexibility index (Phi) is 5.14. The highest BCUT2D eigenvalue weighted by molar-refractivity contribution is 5.91. The number of pyridine rings is 2. The normalized spacial score (nSPS) is 10.8. The fourth-order valence-electron chi connectivity index (χ4n) is 2.39. The first-order chi connectivity index (χ1) is 10.2. The van der Waals surface area contributed by atoms with Crippen LogP contribution in [0.2, 0.25) is 0 Å². The molecule has 0 saturated heterocycles. The largest absolute Gasteiger partial charge is 0.366 e. The number of fused-ring (bicyclic) bond motifs is 1. The molecule has 2 aromatic heterocycles. The van der Waals surface area contributed by atoms with Crippen molar-refractivity contribution < 1.29 is 0 Å². The molecular formula is C17H23N3O. The molecule has 4 heteroatoms. The van der Waals surface area contributed by atoms with Crippen LogP contribution in [0.15, 0.2) is 35.8 Å². The fraction of sp³-hybridized carbons (Fsp3) is 0.412. The van der Waals surface area contributed by atoms with Crippen LogP contribution in [0.5, 0.6) is 0 Å². The van der Waals surface area contributed by atoms with Gasteiger partial charge < -0.3 is 9.88 Å². The number of hydrogen-bond donors (Lipinski definition) is 1. The molecular weight excluding hydrogens is 262 g/mol. The van der Waals surface area contributed by atoms with Crippen LogP contribution in [-0.4, -0.2) is 16.1 Å². The van der Waals surface area contributed by atoms with Crippen molar-refractivity contribution in [2.45, 2.75) is 32.6 Å². The third kappa shape index (κ3) is 3.51. The van der Waals surface area contributed by atoms with Crippen LogP contribution in [-0.2, 0) is 13.5 Å². The van der Waals surface area contributed by atoms with Gasteiger partial charge in [-0.3, -0.25) is 4.79 Å². The Hall–Kier alpha value is -2.10. The van der Waals surface area contributed by atoms with Crippen LogP contribution in [0, 0.1) is 0 Å². The standard InChI is InChI=1S/C17H23N3O/c1-4-6-7-8-14-12-13-9-11-20(3)17(21)15(13)16(19-14)18-10-5-2/h5,9,11-12H,2,4,6-8,10H2,1,3H3,(H,18,19). The molecule has 0 atom stereocenters. The minimum atomic E-state index is -0.0216. The van der Waals surface area contributed by atoms with Gasteiger partial charge in [0.2, 0.25) is 0 Å². The summed E-state index contributed by atoms with van der Waals surface area (Å²) in [5.41, 5.74) is 1.02. The van der Waals surface area contributed by atoms with Crippen LogP contribution in [0.4, 0.5) is 5.82 Å². The number of nitrogens with one attached hydrogen (secondary N) is 1. The first-order valence-electron chi connectivity index (χ1n) is 7.51. The molecule has 0 aliphatic rings. The number of nitrogens with zero attached hydrogens (tertiary/aromatic N) is 2. The van der Waals surface area contributed by atoms with Crippen molar-refractivity contribution in [2.24, 2.45) is 7.05 Å². The number of anilines is 1. The molecule has 0 aliphatic carbocycles. The van der Waals surface area contributed by atoms with E-state index in [1.807, 2.05) is 12.1 Å². The Morgan fingerprint density at radius 3 is 2.95 bits per heavy atom. The summed E-state index contributed by atoms with van der Waals surface area (Å²) in [5.74, 6) is 0.667. The zero-order valence-corrected chi connectivity index (χ0v) is 12.9. The van der Waals surface area contributed by atoms with E-state index in [0.29, 0.717) is 17.7 Å². The SMILES string of the molecule is C=CCNc1nc(CCCCC)cc2ccn(C)c(=O)c12. The summed E-state index contributed by atoms with van der Waals surface area (Å²) in [4.78, 5) is 17.0. The lowest BCUT2D eigenvalue weighted by atomic mass is 10.1. The maximum Gasteiger partial charge on any atom is 0.261 e. The summed E-state index contributed by atoms with van der Waals surface area (Å²) >= 11 is 0. The highest BCUT2D eigenvalue weighted by atomic mass is 16.1. The van der Waals surface area contributed by atoms with Crippen molar-refractivity contribution >= 4 is 16.6 Å². The topological polar surface area (TPSA) is 46.9 Å². The molecule has 0 aromatic carbocycles. The van der Waals surface area contributed by atoms with Gasteiger partial charge in [0, 0.05) is 25.5 Å². The Morgan fingerprint density at radius 1 is 1.43 bits per heavy atom. The molecule has 0 saturated carbocycles. The van der Waals surface area contributed by atoms with Gasteiger partial charge in [0.05, 0.1) is 5.39 Å². The van der Waals surface area contributed by atoms with E-state index in [2.05, 4.69) is 23.8 Å². The maximum atomic E-state index is 12.3. The molecule has 1 N–H and O–H groups in total. The zero-order chi connectivity index (χ0) is 15.2. The number of hydrogen-bond acceptors (Lipinski definition) is 3. The second-order valence-corrected chi connectivity index (χ2v) is 5.28. The Balaban J connectivity index is 2.48. The summed E-state index contributed by atoms with van der Waals surface area (Å²) in [6.45, 7) is 6.49. The summed E-state index contributed by atoms with van der Waals surface area (Å²) in [7, 11) is 1.76. The van der Waals surface area contributed by atoms with Crippen molar-refractivity contribution in [1.29, 1.82) is 0 Å². The van der Waals surface area contributed by atoms with Crippen molar-refractivity contribution in [1.82, 2.24) is 9.55 Å². The highest BCUT2D eigenvalue weighted by Gasteiger charge is 2.10. The lowest BCUT2D eigenvalue weighted by Gasteiger charge is -2.11. The number of aromatic nitrogens is 2. The van der Waals surface area contributed by atoms with Gasteiger partial charge in [0.15, 0.2) is 0 Å². The molecule has 21 heavy (non-hydrogen) atoms. The Labute approximate surface area is 125 Å². The first kappa shape index (κ1) is 15.3. The molecule has 2 rings (SSSR count). The second kappa shape index (κ2) is 7.07. The van der Waals surface area contributed by atoms with Gasteiger partial charge in [0.1, 0.15) is 5.82 Å². The first-order valence-corrected chi connectivity index (χ1v) is 7.51. The van der Waals surface area contributed by atoms with Gasteiger partial charge in [-0.1, -0.05) is 25.8 Å². The monoisotopic (exact) mass is 285 g/mol. The van der Waals surface area contributed by atoms with Gasteiger partial charge in [-0.05, 0) is 30.4 Å². The van der Waals surface area contributed by atoms with E-state index in [0.717, 1.165) is 23.9 Å². The van der Waals surface area contributed by atoms with Crippen molar-refractivity contribution in [2.75, 3.05) is 11.9 Å². The summed E-state index contributed by atoms with van der Waals surface area (Å²) < 4.78 is 1.58. The quantitative estimate of drug-likeness (QED) is 0.627. The van der Waals surface area contributed by atoms with Gasteiger partial charge in [-0.2, -0.15) is 0 Å². The van der Waals surface area contributed by atoms with Crippen molar-refractivity contribution in [3.63, 3.8) is 0 Å². The average molecular weight is 285 g/mol. The van der Waals surface area contributed by atoms with E-state index >= 15 is 0 Å². The van der Waals surface area contributed by atoms with E-state index in [9.17, 15) is 4.79 Å². The van der Waals surface area contributed by atoms with Crippen LogP contribution in [0.25, 0.3) is 10.8 Å². The highest BCUT2D eigenvalue weighted by Crippen LogP contribution is 2.20. The van der Waals surface area contributed by atoms with E-state index in [4.69, 9.17) is 0 Å². The van der Waals surface area contributed by atoms with Crippen molar-refractivity contribution in [3.05, 3.63) is 47.0 Å². The van der Waals surface area contributed by atoms with Crippen LogP contribution in [0.3, 0.4) is 0 Å². The summed E-state index contributed by atoms with van der Waals surface area (Å²) in [6, 6.07) is 4.01. The van der Waals surface area contributed by atoms with Crippen molar-refractivity contribution in [3.8, 4) is 0 Å². The fourth-order valence-corrected chi connectivity index (χ4v) is 2.39. The lowest BCUT2D eigenvalue weighted by Crippen LogP contribution is -2.18.